The number of benzene rings is 1. The molecule has 0 radical (unpaired) electrons. The molecule has 2 aliphatic rings. The third kappa shape index (κ3) is 1.77. The first kappa shape index (κ1) is 15.4. The first-order valence-corrected chi connectivity index (χ1v) is 8.72. The molecule has 0 saturated heterocycles. The van der Waals surface area contributed by atoms with Gasteiger partial charge in [0.15, 0.2) is 0 Å². The van der Waals surface area contributed by atoms with E-state index >= 15 is 0 Å². The molecule has 3 rings (SSSR count). The van der Waals surface area contributed by atoms with Crippen molar-refractivity contribution >= 4 is 5.69 Å². The lowest BCUT2D eigenvalue weighted by Gasteiger charge is -2.55. The molecule has 0 spiro atoms. The van der Waals surface area contributed by atoms with E-state index in [2.05, 4.69) is 75.6 Å². The second kappa shape index (κ2) is 5.30. The van der Waals surface area contributed by atoms with E-state index < -0.39 is 0 Å². The second-order valence-electron chi connectivity index (χ2n) is 7.36. The highest BCUT2D eigenvalue weighted by Crippen LogP contribution is 2.62. The molecule has 3 atom stereocenters. The van der Waals surface area contributed by atoms with Crippen LogP contribution in [0.3, 0.4) is 0 Å². The summed E-state index contributed by atoms with van der Waals surface area (Å²) in [5.74, 6) is 0.672. The zero-order chi connectivity index (χ0) is 16.0. The van der Waals surface area contributed by atoms with Gasteiger partial charge in [0.05, 0.1) is 5.54 Å². The molecule has 1 aliphatic carbocycles. The van der Waals surface area contributed by atoms with Crippen LogP contribution in [0.1, 0.15) is 53.4 Å². The summed E-state index contributed by atoms with van der Waals surface area (Å²) in [5.41, 5.74) is 4.63. The predicted octanol–water partition coefficient (Wildman–Crippen LogP) is 5.94. The largest absolute Gasteiger partial charge is 0.338 e. The Bertz CT molecular complexity index is 600. The van der Waals surface area contributed by atoms with Gasteiger partial charge in [-0.2, -0.15) is 0 Å². The van der Waals surface area contributed by atoms with Crippen molar-refractivity contribution in [2.24, 2.45) is 11.3 Å². The smallest absolute Gasteiger partial charge is 0.0540 e. The van der Waals surface area contributed by atoms with Gasteiger partial charge in [0, 0.05) is 16.8 Å². The first-order chi connectivity index (χ1) is 10.5. The Hall–Kier alpha value is -1.50. The monoisotopic (exact) mass is 295 g/mol. The first-order valence-electron chi connectivity index (χ1n) is 8.72. The van der Waals surface area contributed by atoms with Crippen molar-refractivity contribution in [1.82, 2.24) is 0 Å². The maximum absolute atomic E-state index is 4.18. The van der Waals surface area contributed by atoms with Crippen LogP contribution in [-0.4, -0.2) is 5.54 Å². The van der Waals surface area contributed by atoms with E-state index in [1.807, 2.05) is 0 Å². The van der Waals surface area contributed by atoms with Crippen molar-refractivity contribution in [2.45, 2.75) is 58.9 Å². The minimum Gasteiger partial charge on any atom is -0.338 e. The molecule has 3 unspecified atom stereocenters. The van der Waals surface area contributed by atoms with Crippen molar-refractivity contribution in [3.8, 4) is 0 Å². The van der Waals surface area contributed by atoms with Crippen LogP contribution in [0, 0.1) is 11.3 Å². The summed E-state index contributed by atoms with van der Waals surface area (Å²) >= 11 is 0. The minimum atomic E-state index is 0.140. The summed E-state index contributed by atoms with van der Waals surface area (Å²) in [6.07, 6.45) is 7.11. The van der Waals surface area contributed by atoms with Gasteiger partial charge in [0.2, 0.25) is 0 Å². The van der Waals surface area contributed by atoms with Gasteiger partial charge in [-0.3, -0.25) is 0 Å². The van der Waals surface area contributed by atoms with Gasteiger partial charge >= 0.3 is 0 Å². The van der Waals surface area contributed by atoms with Gasteiger partial charge in [-0.15, -0.1) is 0 Å². The van der Waals surface area contributed by atoms with E-state index in [1.165, 1.54) is 36.2 Å². The lowest BCUT2D eigenvalue weighted by atomic mass is 9.57. The number of nitrogens with zero attached hydrogens (tertiary/aromatic N) is 1. The minimum absolute atomic E-state index is 0.140. The molecule has 118 valence electrons. The van der Waals surface area contributed by atoms with Crippen molar-refractivity contribution in [2.75, 3.05) is 4.90 Å². The molecule has 1 aromatic carbocycles. The van der Waals surface area contributed by atoms with Crippen LogP contribution in [0.5, 0.6) is 0 Å². The van der Waals surface area contributed by atoms with E-state index in [1.54, 1.807) is 0 Å². The molecule has 1 nitrogen and oxygen atoms in total. The Morgan fingerprint density at radius 1 is 1.27 bits per heavy atom. The molecule has 1 fully saturated rings. The fourth-order valence-corrected chi connectivity index (χ4v) is 5.13. The second-order valence-corrected chi connectivity index (χ2v) is 7.36. The van der Waals surface area contributed by atoms with Gasteiger partial charge in [0.25, 0.3) is 0 Å². The molecule has 0 amide bonds. The summed E-state index contributed by atoms with van der Waals surface area (Å²) in [6, 6.07) is 10.9. The normalized spacial score (nSPS) is 34.7. The third-order valence-electron chi connectivity index (χ3n) is 6.58. The average molecular weight is 295 g/mol. The summed E-state index contributed by atoms with van der Waals surface area (Å²) in [5, 5.41) is 0. The Morgan fingerprint density at radius 2 is 1.95 bits per heavy atom. The van der Waals surface area contributed by atoms with Crippen LogP contribution in [0.2, 0.25) is 0 Å². The van der Waals surface area contributed by atoms with Crippen molar-refractivity contribution in [3.63, 3.8) is 0 Å². The van der Waals surface area contributed by atoms with Gasteiger partial charge in [-0.25, -0.2) is 0 Å². The molecule has 0 bridgehead atoms. The summed E-state index contributed by atoms with van der Waals surface area (Å²) in [7, 11) is 0. The number of para-hydroxylation sites is 1. The summed E-state index contributed by atoms with van der Waals surface area (Å²) < 4.78 is 0. The molecular weight excluding hydrogens is 266 g/mol. The van der Waals surface area contributed by atoms with Gasteiger partial charge in [-0.1, -0.05) is 58.0 Å². The molecule has 1 aromatic rings. The molecule has 1 aliphatic heterocycles. The standard InChI is InChI=1S/C21H29N/c1-6-18-19(7-2)22(17-13-9-8-10-14-17)21(5)16(3)12-11-15-20(18,21)4/h6,8-10,13-14,16H,1,7,11-12,15H2,2-5H3. The van der Waals surface area contributed by atoms with Crippen molar-refractivity contribution in [1.29, 1.82) is 0 Å². The van der Waals surface area contributed by atoms with Gasteiger partial charge in [-0.05, 0) is 49.8 Å². The maximum atomic E-state index is 4.18. The highest BCUT2D eigenvalue weighted by atomic mass is 15.3. The SMILES string of the molecule is C=CC1=C(CC)N(c2ccccc2)C2(C)C(C)CCCC12C. The fourth-order valence-electron chi connectivity index (χ4n) is 5.13. The summed E-state index contributed by atoms with van der Waals surface area (Å²) in [4.78, 5) is 2.65. The fraction of sp³-hybridized carbons (Fsp3) is 0.524. The van der Waals surface area contributed by atoms with Crippen LogP contribution < -0.4 is 4.90 Å². The number of allylic oxidation sites excluding steroid dienone is 2. The van der Waals surface area contributed by atoms with Gasteiger partial charge < -0.3 is 4.90 Å². The van der Waals surface area contributed by atoms with Crippen LogP contribution in [0.4, 0.5) is 5.69 Å². The number of anilines is 1. The molecule has 22 heavy (non-hydrogen) atoms. The van der Waals surface area contributed by atoms with Crippen LogP contribution in [0.25, 0.3) is 0 Å². The maximum Gasteiger partial charge on any atom is 0.0540 e. The zero-order valence-corrected chi connectivity index (χ0v) is 14.5. The highest BCUT2D eigenvalue weighted by Gasteiger charge is 2.60. The lowest BCUT2D eigenvalue weighted by Crippen LogP contribution is -2.58. The van der Waals surface area contributed by atoms with Gasteiger partial charge in [0.1, 0.15) is 0 Å². The number of fused-ring (bicyclic) bond motifs is 1. The Kier molecular flexibility index (Phi) is 3.71. The van der Waals surface area contributed by atoms with Crippen LogP contribution in [0.15, 0.2) is 54.3 Å². The number of rotatable bonds is 3. The molecule has 1 heterocycles. The highest BCUT2D eigenvalue weighted by molar-refractivity contribution is 5.64. The van der Waals surface area contributed by atoms with Crippen molar-refractivity contribution in [3.05, 3.63) is 54.3 Å². The third-order valence-corrected chi connectivity index (χ3v) is 6.58. The predicted molar refractivity (Wildman–Crippen MR) is 96.0 cm³/mol. The number of hydrogen-bond acceptors (Lipinski definition) is 1. The molecule has 1 heteroatoms. The Morgan fingerprint density at radius 3 is 2.55 bits per heavy atom. The van der Waals surface area contributed by atoms with E-state index in [9.17, 15) is 0 Å². The Labute approximate surface area is 135 Å². The lowest BCUT2D eigenvalue weighted by molar-refractivity contribution is 0.0949. The van der Waals surface area contributed by atoms with E-state index in [0.29, 0.717) is 5.92 Å². The van der Waals surface area contributed by atoms with Crippen LogP contribution >= 0.6 is 0 Å². The topological polar surface area (TPSA) is 3.24 Å². The van der Waals surface area contributed by atoms with E-state index in [0.717, 1.165) is 6.42 Å². The summed E-state index contributed by atoms with van der Waals surface area (Å²) in [6.45, 7) is 13.8. The quantitative estimate of drug-likeness (QED) is 0.667. The van der Waals surface area contributed by atoms with E-state index in [-0.39, 0.29) is 11.0 Å². The zero-order valence-electron chi connectivity index (χ0n) is 14.5. The molecule has 0 aromatic heterocycles. The van der Waals surface area contributed by atoms with E-state index in [4.69, 9.17) is 0 Å². The van der Waals surface area contributed by atoms with Crippen molar-refractivity contribution < 1.29 is 0 Å². The average Bonchev–Trinajstić information content (AvgIpc) is 2.74. The van der Waals surface area contributed by atoms with Crippen LogP contribution in [-0.2, 0) is 0 Å². The molecular formula is C21H29N. The molecule has 1 saturated carbocycles. The Balaban J connectivity index is 2.26. The number of hydrogen-bond donors (Lipinski definition) is 0. The molecule has 0 N–H and O–H groups in total.